The number of hydrogen-bond acceptors (Lipinski definition) is 4. The molecule has 1 aromatic carbocycles. The van der Waals surface area contributed by atoms with Crippen LogP contribution in [0.3, 0.4) is 0 Å². The van der Waals surface area contributed by atoms with E-state index in [1.54, 1.807) is 6.20 Å². The van der Waals surface area contributed by atoms with E-state index in [0.717, 1.165) is 23.3 Å². The average molecular weight is 410 g/mol. The molecule has 5 heteroatoms. The quantitative estimate of drug-likeness (QED) is 0.397. The van der Waals surface area contributed by atoms with Crippen molar-refractivity contribution in [2.75, 3.05) is 18.1 Å². The lowest BCUT2D eigenvalue weighted by Gasteiger charge is -2.22. The van der Waals surface area contributed by atoms with Crippen LogP contribution in [0.25, 0.3) is 22.2 Å². The predicted molar refractivity (Wildman–Crippen MR) is 132 cm³/mol. The van der Waals surface area contributed by atoms with E-state index in [4.69, 9.17) is 5.73 Å². The first-order valence-corrected chi connectivity index (χ1v) is 11.5. The zero-order valence-electron chi connectivity index (χ0n) is 19.3. The first kappa shape index (κ1) is 23.7. The molecule has 1 saturated carbocycles. The van der Waals surface area contributed by atoms with Gasteiger partial charge in [-0.05, 0) is 42.7 Å². The second kappa shape index (κ2) is 12.2. The molecule has 0 aliphatic heterocycles. The van der Waals surface area contributed by atoms with Crippen LogP contribution in [0, 0.1) is 0 Å². The highest BCUT2D eigenvalue weighted by molar-refractivity contribution is 5.90. The van der Waals surface area contributed by atoms with Crippen LogP contribution in [0.4, 0.5) is 11.5 Å². The maximum absolute atomic E-state index is 6.25. The van der Waals surface area contributed by atoms with E-state index in [-0.39, 0.29) is 0 Å². The van der Waals surface area contributed by atoms with Gasteiger partial charge in [-0.3, -0.25) is 0 Å². The van der Waals surface area contributed by atoms with E-state index < -0.39 is 0 Å². The Labute approximate surface area is 181 Å². The number of aromatic nitrogens is 2. The molecule has 0 bridgehead atoms. The Bertz CT molecular complexity index is 894. The van der Waals surface area contributed by atoms with Gasteiger partial charge in [0, 0.05) is 48.0 Å². The molecular weight excluding hydrogens is 370 g/mol. The van der Waals surface area contributed by atoms with Gasteiger partial charge in [0.1, 0.15) is 5.82 Å². The van der Waals surface area contributed by atoms with Gasteiger partial charge in [0.15, 0.2) is 0 Å². The van der Waals surface area contributed by atoms with Crippen LogP contribution in [0.15, 0.2) is 36.5 Å². The van der Waals surface area contributed by atoms with Crippen LogP contribution >= 0.6 is 0 Å². The van der Waals surface area contributed by atoms with Crippen molar-refractivity contribution in [3.63, 3.8) is 0 Å². The Kier molecular flexibility index (Phi) is 9.68. The lowest BCUT2D eigenvalue weighted by molar-refractivity contribution is 0.372. The van der Waals surface area contributed by atoms with Crippen molar-refractivity contribution in [1.29, 1.82) is 0 Å². The molecule has 0 spiro atoms. The second-order valence-electron chi connectivity index (χ2n) is 7.19. The second-order valence-corrected chi connectivity index (χ2v) is 7.19. The van der Waals surface area contributed by atoms with Crippen molar-refractivity contribution in [1.82, 2.24) is 15.3 Å². The number of hydrogen-bond donors (Lipinski definition) is 4. The summed E-state index contributed by atoms with van der Waals surface area (Å²) in [6.07, 6.45) is 8.52. The Morgan fingerprint density at radius 2 is 1.77 bits per heavy atom. The van der Waals surface area contributed by atoms with Crippen LogP contribution in [0.5, 0.6) is 0 Å². The maximum atomic E-state index is 6.25. The number of nitrogens with one attached hydrogen (secondary N) is 3. The minimum absolute atomic E-state index is 0.667. The first-order valence-electron chi connectivity index (χ1n) is 11.5. The molecule has 3 aromatic rings. The molecule has 1 fully saturated rings. The molecular formula is C25H39N5. The Morgan fingerprint density at radius 3 is 2.47 bits per heavy atom. The van der Waals surface area contributed by atoms with Gasteiger partial charge < -0.3 is 21.4 Å². The van der Waals surface area contributed by atoms with Gasteiger partial charge in [-0.25, -0.2) is 4.98 Å². The average Bonchev–Trinajstić information content (AvgIpc) is 3.24. The standard InChI is InChI=1S/C21H27N5.2C2H6/c1-23-21-20(22)17(9-10-24-21)19-12-15-11-14(7-8-18(15)26-19)13-25-16-5-3-2-4-6-16;2*1-2/h7-12,16,25-26H,2-6,13,22H2,1H3,(H,23,24);2*1-2H3. The minimum atomic E-state index is 0.667. The molecule has 2 heterocycles. The van der Waals surface area contributed by atoms with Crippen molar-refractivity contribution in [3.8, 4) is 11.3 Å². The Hall–Kier alpha value is -2.53. The number of fused-ring (bicyclic) bond motifs is 1. The van der Waals surface area contributed by atoms with Crippen molar-refractivity contribution in [3.05, 3.63) is 42.1 Å². The summed E-state index contributed by atoms with van der Waals surface area (Å²) >= 11 is 0. The number of nitrogens with two attached hydrogens (primary N) is 1. The molecule has 2 aromatic heterocycles. The summed E-state index contributed by atoms with van der Waals surface area (Å²) in [4.78, 5) is 7.74. The number of benzene rings is 1. The highest BCUT2D eigenvalue weighted by Gasteiger charge is 2.13. The summed E-state index contributed by atoms with van der Waals surface area (Å²) in [5, 5.41) is 7.97. The van der Waals surface area contributed by atoms with Crippen LogP contribution in [-0.2, 0) is 6.54 Å². The van der Waals surface area contributed by atoms with Crippen LogP contribution in [-0.4, -0.2) is 23.1 Å². The first-order chi connectivity index (χ1) is 14.7. The Balaban J connectivity index is 0.000000757. The molecule has 30 heavy (non-hydrogen) atoms. The molecule has 0 unspecified atom stereocenters. The molecule has 5 nitrogen and oxygen atoms in total. The van der Waals surface area contributed by atoms with E-state index in [0.29, 0.717) is 17.5 Å². The summed E-state index contributed by atoms with van der Waals surface area (Å²) in [6.45, 7) is 8.93. The van der Waals surface area contributed by atoms with Gasteiger partial charge >= 0.3 is 0 Å². The van der Waals surface area contributed by atoms with Gasteiger partial charge in [0.25, 0.3) is 0 Å². The number of aromatic amines is 1. The molecule has 0 radical (unpaired) electrons. The number of H-pyrrole nitrogens is 1. The van der Waals surface area contributed by atoms with Crippen molar-refractivity contribution in [2.45, 2.75) is 72.4 Å². The monoisotopic (exact) mass is 409 g/mol. The van der Waals surface area contributed by atoms with Crippen molar-refractivity contribution in [2.24, 2.45) is 0 Å². The summed E-state index contributed by atoms with van der Waals surface area (Å²) in [5.74, 6) is 0.707. The highest BCUT2D eigenvalue weighted by Crippen LogP contribution is 2.32. The number of pyridine rings is 1. The molecule has 1 aliphatic rings. The van der Waals surface area contributed by atoms with Crippen molar-refractivity contribution < 1.29 is 0 Å². The summed E-state index contributed by atoms with van der Waals surface area (Å²) in [6, 6.07) is 11.4. The van der Waals surface area contributed by atoms with Gasteiger partial charge in [-0.15, -0.1) is 0 Å². The molecule has 164 valence electrons. The SMILES string of the molecule is CC.CC.CNc1nccc(-c2cc3cc(CNC4CCCCC4)ccc3[nH]2)c1N. The molecule has 4 rings (SSSR count). The number of anilines is 2. The number of nitrogens with zero attached hydrogens (tertiary/aromatic N) is 1. The molecule has 5 N–H and O–H groups in total. The van der Waals surface area contributed by atoms with E-state index in [9.17, 15) is 0 Å². The van der Waals surface area contributed by atoms with Crippen LogP contribution < -0.4 is 16.4 Å². The summed E-state index contributed by atoms with van der Waals surface area (Å²) in [5.41, 5.74) is 11.4. The molecule has 1 aliphatic carbocycles. The third kappa shape index (κ3) is 5.76. The smallest absolute Gasteiger partial charge is 0.149 e. The largest absolute Gasteiger partial charge is 0.395 e. The predicted octanol–water partition coefficient (Wildman–Crippen LogP) is 6.33. The molecule has 0 atom stereocenters. The third-order valence-corrected chi connectivity index (χ3v) is 5.40. The highest BCUT2D eigenvalue weighted by atomic mass is 15.0. The van der Waals surface area contributed by atoms with E-state index in [1.165, 1.54) is 43.1 Å². The normalized spacial score (nSPS) is 13.8. The summed E-state index contributed by atoms with van der Waals surface area (Å²) in [7, 11) is 1.83. The minimum Gasteiger partial charge on any atom is -0.395 e. The maximum Gasteiger partial charge on any atom is 0.149 e. The van der Waals surface area contributed by atoms with E-state index in [2.05, 4.69) is 44.9 Å². The third-order valence-electron chi connectivity index (χ3n) is 5.40. The van der Waals surface area contributed by atoms with Crippen molar-refractivity contribution >= 4 is 22.4 Å². The van der Waals surface area contributed by atoms with E-state index in [1.807, 2.05) is 40.8 Å². The zero-order valence-corrected chi connectivity index (χ0v) is 19.3. The van der Waals surface area contributed by atoms with Gasteiger partial charge in [-0.1, -0.05) is 53.0 Å². The fourth-order valence-corrected chi connectivity index (χ4v) is 3.91. The lowest BCUT2D eigenvalue weighted by atomic mass is 9.95. The zero-order chi connectivity index (χ0) is 21.9. The fraction of sp³-hybridized carbons (Fsp3) is 0.480. The molecule has 0 saturated heterocycles. The van der Waals surface area contributed by atoms with Crippen LogP contribution in [0.2, 0.25) is 0 Å². The summed E-state index contributed by atoms with van der Waals surface area (Å²) < 4.78 is 0. The van der Waals surface area contributed by atoms with Gasteiger partial charge in [0.05, 0.1) is 5.69 Å². The topological polar surface area (TPSA) is 78.8 Å². The van der Waals surface area contributed by atoms with Gasteiger partial charge in [-0.2, -0.15) is 0 Å². The molecule has 0 amide bonds. The number of nitrogen functional groups attached to an aromatic ring is 1. The Morgan fingerprint density at radius 1 is 1.03 bits per heavy atom. The fourth-order valence-electron chi connectivity index (χ4n) is 3.91. The lowest BCUT2D eigenvalue weighted by Crippen LogP contribution is -2.30. The van der Waals surface area contributed by atoms with E-state index >= 15 is 0 Å². The van der Waals surface area contributed by atoms with Gasteiger partial charge in [0.2, 0.25) is 0 Å². The number of rotatable bonds is 5. The van der Waals surface area contributed by atoms with Crippen LogP contribution in [0.1, 0.15) is 65.4 Å².